The molecule has 0 bridgehead atoms. The summed E-state index contributed by atoms with van der Waals surface area (Å²) in [5.41, 5.74) is 0.744. The predicted molar refractivity (Wildman–Crippen MR) is 77.6 cm³/mol. The molecule has 104 valence electrons. The summed E-state index contributed by atoms with van der Waals surface area (Å²) in [6.45, 7) is 7.52. The Morgan fingerprint density at radius 2 is 1.95 bits per heavy atom. The van der Waals surface area contributed by atoms with Crippen molar-refractivity contribution < 1.29 is 4.79 Å². The molecule has 1 aliphatic rings. The van der Waals surface area contributed by atoms with Gasteiger partial charge in [0, 0.05) is 32.4 Å². The SMILES string of the molecule is CCN(CC)C(=O)c1cccnc1N1CCCCC1. The first-order chi connectivity index (χ1) is 9.27. The Balaban J connectivity index is 2.27. The van der Waals surface area contributed by atoms with Gasteiger partial charge in [-0.25, -0.2) is 4.98 Å². The molecule has 1 saturated heterocycles. The fraction of sp³-hybridized carbons (Fsp3) is 0.600. The van der Waals surface area contributed by atoms with Gasteiger partial charge in [0.25, 0.3) is 5.91 Å². The molecule has 4 nitrogen and oxygen atoms in total. The van der Waals surface area contributed by atoms with Crippen LogP contribution in [0.15, 0.2) is 18.3 Å². The summed E-state index contributed by atoms with van der Waals surface area (Å²) >= 11 is 0. The molecule has 0 unspecified atom stereocenters. The Morgan fingerprint density at radius 3 is 2.58 bits per heavy atom. The van der Waals surface area contributed by atoms with Crippen molar-refractivity contribution in [1.82, 2.24) is 9.88 Å². The maximum Gasteiger partial charge on any atom is 0.257 e. The summed E-state index contributed by atoms with van der Waals surface area (Å²) in [4.78, 5) is 21.1. The lowest BCUT2D eigenvalue weighted by Crippen LogP contribution is -2.35. The number of nitrogens with zero attached hydrogens (tertiary/aromatic N) is 3. The molecule has 0 spiro atoms. The van der Waals surface area contributed by atoms with Crippen molar-refractivity contribution in [3.63, 3.8) is 0 Å². The summed E-state index contributed by atoms with van der Waals surface area (Å²) in [6.07, 6.45) is 5.44. The van der Waals surface area contributed by atoms with Crippen molar-refractivity contribution in [3.8, 4) is 0 Å². The van der Waals surface area contributed by atoms with Gasteiger partial charge in [0.15, 0.2) is 0 Å². The van der Waals surface area contributed by atoms with E-state index in [0.29, 0.717) is 0 Å². The van der Waals surface area contributed by atoms with Crippen molar-refractivity contribution in [2.75, 3.05) is 31.1 Å². The van der Waals surface area contributed by atoms with Crippen molar-refractivity contribution >= 4 is 11.7 Å². The van der Waals surface area contributed by atoms with Crippen LogP contribution in [0.2, 0.25) is 0 Å². The number of anilines is 1. The van der Waals surface area contributed by atoms with Gasteiger partial charge >= 0.3 is 0 Å². The van der Waals surface area contributed by atoms with Crippen LogP contribution in [0.25, 0.3) is 0 Å². The number of amides is 1. The molecule has 1 aromatic heterocycles. The van der Waals surface area contributed by atoms with Gasteiger partial charge in [0.1, 0.15) is 5.82 Å². The highest BCUT2D eigenvalue weighted by atomic mass is 16.2. The Bertz CT molecular complexity index is 423. The highest BCUT2D eigenvalue weighted by Crippen LogP contribution is 2.22. The van der Waals surface area contributed by atoms with Crippen LogP contribution in [-0.2, 0) is 0 Å². The lowest BCUT2D eigenvalue weighted by molar-refractivity contribution is 0.0773. The largest absolute Gasteiger partial charge is 0.356 e. The van der Waals surface area contributed by atoms with Gasteiger partial charge in [-0.2, -0.15) is 0 Å². The molecule has 0 radical (unpaired) electrons. The van der Waals surface area contributed by atoms with Gasteiger partial charge in [-0.15, -0.1) is 0 Å². The maximum absolute atomic E-state index is 12.5. The minimum atomic E-state index is 0.0960. The molecule has 4 heteroatoms. The lowest BCUT2D eigenvalue weighted by atomic mass is 10.1. The quantitative estimate of drug-likeness (QED) is 0.835. The predicted octanol–water partition coefficient (Wildman–Crippen LogP) is 2.55. The number of aromatic nitrogens is 1. The molecule has 1 amide bonds. The van der Waals surface area contributed by atoms with E-state index in [1.165, 1.54) is 19.3 Å². The third-order valence-electron chi connectivity index (χ3n) is 3.72. The van der Waals surface area contributed by atoms with Crippen molar-refractivity contribution in [2.45, 2.75) is 33.1 Å². The lowest BCUT2D eigenvalue weighted by Gasteiger charge is -2.30. The minimum Gasteiger partial charge on any atom is -0.356 e. The number of rotatable bonds is 4. The van der Waals surface area contributed by atoms with Crippen LogP contribution < -0.4 is 4.90 Å². The molecule has 0 aliphatic carbocycles. The number of carbonyl (C=O) groups is 1. The fourth-order valence-corrected chi connectivity index (χ4v) is 2.60. The minimum absolute atomic E-state index is 0.0960. The Morgan fingerprint density at radius 1 is 1.26 bits per heavy atom. The van der Waals surface area contributed by atoms with E-state index in [4.69, 9.17) is 0 Å². The van der Waals surface area contributed by atoms with Gasteiger partial charge in [-0.3, -0.25) is 4.79 Å². The van der Waals surface area contributed by atoms with Crippen LogP contribution in [0, 0.1) is 0 Å². The molecule has 2 heterocycles. The molecular weight excluding hydrogens is 238 g/mol. The third kappa shape index (κ3) is 3.06. The maximum atomic E-state index is 12.5. The van der Waals surface area contributed by atoms with E-state index in [1.807, 2.05) is 30.9 Å². The second-order valence-electron chi connectivity index (χ2n) is 4.90. The average Bonchev–Trinajstić information content (AvgIpc) is 2.49. The van der Waals surface area contributed by atoms with E-state index >= 15 is 0 Å². The van der Waals surface area contributed by atoms with Gasteiger partial charge in [0.2, 0.25) is 0 Å². The van der Waals surface area contributed by atoms with Crippen LogP contribution in [0.5, 0.6) is 0 Å². The van der Waals surface area contributed by atoms with Gasteiger partial charge < -0.3 is 9.80 Å². The van der Waals surface area contributed by atoms with E-state index in [9.17, 15) is 4.79 Å². The van der Waals surface area contributed by atoms with Crippen molar-refractivity contribution in [1.29, 1.82) is 0 Å². The normalized spacial score (nSPS) is 15.4. The van der Waals surface area contributed by atoms with Gasteiger partial charge in [-0.1, -0.05) is 0 Å². The zero-order valence-corrected chi connectivity index (χ0v) is 11.9. The number of piperidine rings is 1. The summed E-state index contributed by atoms with van der Waals surface area (Å²) < 4.78 is 0. The highest BCUT2D eigenvalue weighted by Gasteiger charge is 2.21. The second-order valence-corrected chi connectivity index (χ2v) is 4.90. The summed E-state index contributed by atoms with van der Waals surface area (Å²) in [5, 5.41) is 0. The summed E-state index contributed by atoms with van der Waals surface area (Å²) in [6, 6.07) is 3.75. The standard InChI is InChI=1S/C15H23N3O/c1-3-17(4-2)15(19)13-9-8-10-16-14(13)18-11-6-5-7-12-18/h8-10H,3-7,11-12H2,1-2H3. The van der Waals surface area contributed by atoms with E-state index in [-0.39, 0.29) is 5.91 Å². The zero-order chi connectivity index (χ0) is 13.7. The molecule has 0 saturated carbocycles. The summed E-state index contributed by atoms with van der Waals surface area (Å²) in [7, 11) is 0. The monoisotopic (exact) mass is 261 g/mol. The molecule has 2 rings (SSSR count). The first kappa shape index (κ1) is 13.8. The second kappa shape index (κ2) is 6.55. The number of hydrogen-bond acceptors (Lipinski definition) is 3. The molecule has 1 aliphatic heterocycles. The Hall–Kier alpha value is -1.58. The molecule has 0 atom stereocenters. The zero-order valence-electron chi connectivity index (χ0n) is 11.9. The van der Waals surface area contributed by atoms with Gasteiger partial charge in [-0.05, 0) is 45.2 Å². The molecule has 1 fully saturated rings. The smallest absolute Gasteiger partial charge is 0.257 e. The number of carbonyl (C=O) groups excluding carboxylic acids is 1. The molecule has 19 heavy (non-hydrogen) atoms. The molecular formula is C15H23N3O. The molecule has 1 aromatic rings. The number of hydrogen-bond donors (Lipinski definition) is 0. The van der Waals surface area contributed by atoms with E-state index < -0.39 is 0 Å². The average molecular weight is 261 g/mol. The third-order valence-corrected chi connectivity index (χ3v) is 3.72. The first-order valence-electron chi connectivity index (χ1n) is 7.27. The topological polar surface area (TPSA) is 36.4 Å². The number of pyridine rings is 1. The van der Waals surface area contributed by atoms with Crippen LogP contribution in [-0.4, -0.2) is 42.0 Å². The van der Waals surface area contributed by atoms with Crippen LogP contribution in [0.3, 0.4) is 0 Å². The van der Waals surface area contributed by atoms with Crippen molar-refractivity contribution in [3.05, 3.63) is 23.9 Å². The highest BCUT2D eigenvalue weighted by molar-refractivity contribution is 5.98. The fourth-order valence-electron chi connectivity index (χ4n) is 2.60. The van der Waals surface area contributed by atoms with E-state index in [1.54, 1.807) is 6.20 Å². The summed E-state index contributed by atoms with van der Waals surface area (Å²) in [5.74, 6) is 0.956. The van der Waals surface area contributed by atoms with E-state index in [2.05, 4.69) is 9.88 Å². The van der Waals surface area contributed by atoms with Gasteiger partial charge in [0.05, 0.1) is 5.56 Å². The Kier molecular flexibility index (Phi) is 4.77. The Labute approximate surface area is 115 Å². The molecule has 0 aromatic carbocycles. The van der Waals surface area contributed by atoms with E-state index in [0.717, 1.165) is 37.6 Å². The van der Waals surface area contributed by atoms with Crippen LogP contribution in [0.4, 0.5) is 5.82 Å². The first-order valence-corrected chi connectivity index (χ1v) is 7.27. The van der Waals surface area contributed by atoms with Crippen LogP contribution >= 0.6 is 0 Å². The molecule has 0 N–H and O–H groups in total. The van der Waals surface area contributed by atoms with Crippen molar-refractivity contribution in [2.24, 2.45) is 0 Å². The van der Waals surface area contributed by atoms with Crippen LogP contribution in [0.1, 0.15) is 43.5 Å².